The number of hydrogen-bond acceptors (Lipinski definition) is 5. The van der Waals surface area contributed by atoms with Crippen LogP contribution in [0.25, 0.3) is 0 Å². The lowest BCUT2D eigenvalue weighted by molar-refractivity contribution is -0.0400. The lowest BCUT2D eigenvalue weighted by Crippen LogP contribution is -2.23. The number of carbonyl (C=O) groups excluding carboxylic acids is 1. The molecule has 0 unspecified atom stereocenters. The van der Waals surface area contributed by atoms with E-state index in [9.17, 15) is 13.6 Å². The maximum absolute atomic E-state index is 13.0. The average Bonchev–Trinajstić information content (AvgIpc) is 2.79. The van der Waals surface area contributed by atoms with Gasteiger partial charge in [0.2, 0.25) is 11.8 Å². The molecule has 0 amide bonds. The first-order valence-corrected chi connectivity index (χ1v) is 5.90. The van der Waals surface area contributed by atoms with Gasteiger partial charge in [-0.15, -0.1) is 10.2 Å². The molecule has 1 aromatic heterocycles. The zero-order valence-electron chi connectivity index (χ0n) is 9.99. The van der Waals surface area contributed by atoms with Crippen molar-refractivity contribution in [3.8, 4) is 0 Å². The van der Waals surface area contributed by atoms with E-state index in [0.717, 1.165) is 0 Å². The van der Waals surface area contributed by atoms with E-state index in [4.69, 9.17) is 9.15 Å². The van der Waals surface area contributed by atoms with Crippen LogP contribution in [-0.2, 0) is 4.74 Å². The maximum atomic E-state index is 13.0. The van der Waals surface area contributed by atoms with Crippen molar-refractivity contribution in [3.05, 3.63) is 11.8 Å². The lowest BCUT2D eigenvalue weighted by atomic mass is 9.87. The standard InChI is InChI=1S/C11H14F2N2O3/c1-2-17-10(16)9-15-14-8(18-9)7-3-5-11(12,13)6-4-7/h7H,2-6H2,1H3. The van der Waals surface area contributed by atoms with Gasteiger partial charge < -0.3 is 9.15 Å². The van der Waals surface area contributed by atoms with Crippen molar-refractivity contribution in [3.63, 3.8) is 0 Å². The summed E-state index contributed by atoms with van der Waals surface area (Å²) in [4.78, 5) is 11.3. The van der Waals surface area contributed by atoms with Crippen LogP contribution in [0.2, 0.25) is 0 Å². The van der Waals surface area contributed by atoms with Crippen molar-refractivity contribution < 1.29 is 22.7 Å². The van der Waals surface area contributed by atoms with E-state index >= 15 is 0 Å². The fourth-order valence-corrected chi connectivity index (χ4v) is 1.96. The average molecular weight is 260 g/mol. The van der Waals surface area contributed by atoms with Gasteiger partial charge in [0.1, 0.15) is 0 Å². The minimum absolute atomic E-state index is 0.186. The number of esters is 1. The van der Waals surface area contributed by atoms with E-state index in [0.29, 0.717) is 0 Å². The summed E-state index contributed by atoms with van der Waals surface area (Å²) in [5.74, 6) is -3.45. The Labute approximate surface area is 103 Å². The Morgan fingerprint density at radius 2 is 2.11 bits per heavy atom. The van der Waals surface area contributed by atoms with Crippen LogP contribution in [0.5, 0.6) is 0 Å². The summed E-state index contributed by atoms with van der Waals surface area (Å²) in [7, 11) is 0. The van der Waals surface area contributed by atoms with Gasteiger partial charge in [0.25, 0.3) is 0 Å². The zero-order valence-corrected chi connectivity index (χ0v) is 9.99. The number of ether oxygens (including phenoxy) is 1. The van der Waals surface area contributed by atoms with E-state index in [1.54, 1.807) is 6.92 Å². The van der Waals surface area contributed by atoms with Crippen molar-refractivity contribution in [1.82, 2.24) is 10.2 Å². The third-order valence-corrected chi connectivity index (χ3v) is 2.96. The molecule has 1 aromatic rings. The highest BCUT2D eigenvalue weighted by atomic mass is 19.3. The van der Waals surface area contributed by atoms with E-state index in [1.807, 2.05) is 0 Å². The molecule has 0 spiro atoms. The van der Waals surface area contributed by atoms with Gasteiger partial charge >= 0.3 is 11.9 Å². The molecule has 100 valence electrons. The van der Waals surface area contributed by atoms with Crippen LogP contribution in [0.4, 0.5) is 8.78 Å². The molecule has 0 aromatic carbocycles. The molecular formula is C11H14F2N2O3. The van der Waals surface area contributed by atoms with Gasteiger partial charge in [-0.05, 0) is 19.8 Å². The van der Waals surface area contributed by atoms with Gasteiger partial charge in [0, 0.05) is 18.8 Å². The van der Waals surface area contributed by atoms with Gasteiger partial charge in [-0.3, -0.25) is 0 Å². The molecule has 0 bridgehead atoms. The summed E-state index contributed by atoms with van der Waals surface area (Å²) < 4.78 is 35.8. The molecule has 0 N–H and O–H groups in total. The number of halogens is 2. The van der Waals surface area contributed by atoms with E-state index in [1.165, 1.54) is 0 Å². The second kappa shape index (κ2) is 4.99. The van der Waals surface area contributed by atoms with Gasteiger partial charge in [-0.1, -0.05) is 0 Å². The fraction of sp³-hybridized carbons (Fsp3) is 0.727. The Morgan fingerprint density at radius 1 is 1.44 bits per heavy atom. The van der Waals surface area contributed by atoms with E-state index in [2.05, 4.69) is 10.2 Å². The highest BCUT2D eigenvalue weighted by molar-refractivity contribution is 5.83. The molecule has 5 nitrogen and oxygen atoms in total. The second-order valence-corrected chi connectivity index (χ2v) is 4.30. The number of alkyl halides is 2. The molecule has 7 heteroatoms. The molecule has 1 saturated carbocycles. The summed E-state index contributed by atoms with van der Waals surface area (Å²) in [5.41, 5.74) is 0. The quantitative estimate of drug-likeness (QED) is 0.781. The Bertz CT molecular complexity index is 424. The Kier molecular flexibility index (Phi) is 3.58. The molecule has 1 heterocycles. The molecule has 2 rings (SSSR count). The number of nitrogens with zero attached hydrogens (tertiary/aromatic N) is 2. The monoisotopic (exact) mass is 260 g/mol. The van der Waals surface area contributed by atoms with Crippen molar-refractivity contribution in [2.75, 3.05) is 6.61 Å². The van der Waals surface area contributed by atoms with Gasteiger partial charge in [0.05, 0.1) is 6.61 Å². The number of rotatable bonds is 3. The van der Waals surface area contributed by atoms with Crippen molar-refractivity contribution in [1.29, 1.82) is 0 Å². The predicted molar refractivity (Wildman–Crippen MR) is 56.4 cm³/mol. The van der Waals surface area contributed by atoms with Crippen LogP contribution >= 0.6 is 0 Å². The Morgan fingerprint density at radius 3 is 2.72 bits per heavy atom. The first kappa shape index (κ1) is 12.9. The molecule has 1 aliphatic carbocycles. The lowest BCUT2D eigenvalue weighted by Gasteiger charge is -2.25. The van der Waals surface area contributed by atoms with Gasteiger partial charge in [-0.2, -0.15) is 0 Å². The normalized spacial score (nSPS) is 19.7. The highest BCUT2D eigenvalue weighted by Gasteiger charge is 2.37. The van der Waals surface area contributed by atoms with Crippen LogP contribution in [0.15, 0.2) is 4.42 Å². The molecule has 0 aliphatic heterocycles. The first-order chi connectivity index (χ1) is 8.52. The second-order valence-electron chi connectivity index (χ2n) is 4.30. The molecule has 1 aliphatic rings. The third kappa shape index (κ3) is 2.83. The van der Waals surface area contributed by atoms with Gasteiger partial charge in [-0.25, -0.2) is 13.6 Å². The number of hydrogen-bond donors (Lipinski definition) is 0. The molecule has 0 saturated heterocycles. The van der Waals surface area contributed by atoms with Crippen LogP contribution in [0.1, 0.15) is 55.1 Å². The summed E-state index contributed by atoms with van der Waals surface area (Å²) in [6.07, 6.45) is 0.207. The topological polar surface area (TPSA) is 65.2 Å². The van der Waals surface area contributed by atoms with Crippen LogP contribution in [0, 0.1) is 0 Å². The maximum Gasteiger partial charge on any atom is 0.396 e. The van der Waals surface area contributed by atoms with Crippen molar-refractivity contribution in [2.24, 2.45) is 0 Å². The summed E-state index contributed by atoms with van der Waals surface area (Å²) in [6, 6.07) is 0. The van der Waals surface area contributed by atoms with Crippen molar-refractivity contribution in [2.45, 2.75) is 44.4 Å². The molecule has 0 radical (unpaired) electrons. The largest absolute Gasteiger partial charge is 0.459 e. The molecule has 0 atom stereocenters. The molecule has 18 heavy (non-hydrogen) atoms. The number of carbonyl (C=O) groups is 1. The van der Waals surface area contributed by atoms with Crippen LogP contribution in [-0.4, -0.2) is 28.7 Å². The summed E-state index contributed by atoms with van der Waals surface area (Å²) in [6.45, 7) is 1.88. The smallest absolute Gasteiger partial charge is 0.396 e. The summed E-state index contributed by atoms with van der Waals surface area (Å²) >= 11 is 0. The van der Waals surface area contributed by atoms with Crippen molar-refractivity contribution >= 4 is 5.97 Å². The minimum Gasteiger partial charge on any atom is -0.459 e. The minimum atomic E-state index is -2.60. The zero-order chi connectivity index (χ0) is 13.2. The highest BCUT2D eigenvalue weighted by Crippen LogP contribution is 2.40. The first-order valence-electron chi connectivity index (χ1n) is 5.90. The third-order valence-electron chi connectivity index (χ3n) is 2.96. The molecule has 1 fully saturated rings. The molecular weight excluding hydrogens is 246 g/mol. The van der Waals surface area contributed by atoms with E-state index < -0.39 is 11.9 Å². The van der Waals surface area contributed by atoms with Crippen LogP contribution < -0.4 is 0 Å². The fourth-order valence-electron chi connectivity index (χ4n) is 1.96. The van der Waals surface area contributed by atoms with E-state index in [-0.39, 0.29) is 50.0 Å². The van der Waals surface area contributed by atoms with Gasteiger partial charge in [0.15, 0.2) is 0 Å². The predicted octanol–water partition coefficient (Wildman–Crippen LogP) is 2.54. The van der Waals surface area contributed by atoms with Crippen LogP contribution in [0.3, 0.4) is 0 Å². The Balaban J connectivity index is 2.00. The Hall–Kier alpha value is -1.53. The summed E-state index contributed by atoms with van der Waals surface area (Å²) in [5, 5.41) is 7.30. The SMILES string of the molecule is CCOC(=O)c1nnc(C2CCC(F)(F)CC2)o1. The number of aromatic nitrogens is 2.